The summed E-state index contributed by atoms with van der Waals surface area (Å²) in [6.07, 6.45) is 3.06. The van der Waals surface area contributed by atoms with Crippen LogP contribution in [-0.4, -0.2) is 21.6 Å². The van der Waals surface area contributed by atoms with Crippen LogP contribution in [0.4, 0.5) is 0 Å². The second-order valence-corrected chi connectivity index (χ2v) is 5.83. The van der Waals surface area contributed by atoms with E-state index < -0.39 is 0 Å². The average molecular weight is 245 g/mol. The molecule has 1 aromatic heterocycles. The Labute approximate surface area is 109 Å². The predicted octanol–water partition coefficient (Wildman–Crippen LogP) is 3.38. The molecule has 1 heterocycles. The average Bonchev–Trinajstić information content (AvgIpc) is 2.73. The Morgan fingerprint density at radius 3 is 2.67 bits per heavy atom. The normalized spacial score (nSPS) is 14.0. The monoisotopic (exact) mass is 245 g/mol. The molecule has 98 valence electrons. The molecule has 0 bridgehead atoms. The van der Waals surface area contributed by atoms with E-state index in [1.54, 1.807) is 0 Å². The summed E-state index contributed by atoms with van der Waals surface area (Å²) >= 11 is 0. The second-order valence-electron chi connectivity index (χ2n) is 5.83. The minimum absolute atomic E-state index is 0.157. The van der Waals surface area contributed by atoms with Crippen molar-refractivity contribution in [3.63, 3.8) is 0 Å². The van der Waals surface area contributed by atoms with Gasteiger partial charge in [-0.05, 0) is 39.3 Å². The van der Waals surface area contributed by atoms with Crippen molar-refractivity contribution in [2.75, 3.05) is 6.54 Å². The highest BCUT2D eigenvalue weighted by Crippen LogP contribution is 2.19. The molecule has 1 aromatic carbocycles. The Morgan fingerprint density at radius 2 is 2.00 bits per heavy atom. The SMILES string of the molecule is CCC(CNC(C)(C)C)n1cnc2ccccc21. The van der Waals surface area contributed by atoms with E-state index in [2.05, 4.69) is 60.8 Å². The topological polar surface area (TPSA) is 29.9 Å². The van der Waals surface area contributed by atoms with E-state index in [0.717, 1.165) is 18.5 Å². The molecule has 0 saturated carbocycles. The zero-order valence-corrected chi connectivity index (χ0v) is 11.8. The fraction of sp³-hybridized carbons (Fsp3) is 0.533. The lowest BCUT2D eigenvalue weighted by Gasteiger charge is -2.25. The van der Waals surface area contributed by atoms with Gasteiger partial charge in [-0.2, -0.15) is 0 Å². The van der Waals surface area contributed by atoms with E-state index in [1.165, 1.54) is 5.52 Å². The third-order valence-corrected chi connectivity index (χ3v) is 3.21. The maximum Gasteiger partial charge on any atom is 0.0961 e. The van der Waals surface area contributed by atoms with E-state index in [0.29, 0.717) is 6.04 Å². The molecule has 1 unspecified atom stereocenters. The molecule has 0 aliphatic rings. The Hall–Kier alpha value is -1.35. The van der Waals surface area contributed by atoms with Crippen LogP contribution in [0.5, 0.6) is 0 Å². The molecule has 0 saturated heterocycles. The second kappa shape index (κ2) is 5.11. The lowest BCUT2D eigenvalue weighted by atomic mass is 10.1. The van der Waals surface area contributed by atoms with Crippen molar-refractivity contribution in [1.29, 1.82) is 0 Å². The molecule has 0 radical (unpaired) electrons. The van der Waals surface area contributed by atoms with Gasteiger partial charge in [-0.25, -0.2) is 4.98 Å². The number of para-hydroxylation sites is 2. The Balaban J connectivity index is 2.22. The first-order chi connectivity index (χ1) is 8.51. The van der Waals surface area contributed by atoms with Crippen LogP contribution in [0, 0.1) is 0 Å². The van der Waals surface area contributed by atoms with Gasteiger partial charge in [-0.1, -0.05) is 19.1 Å². The maximum atomic E-state index is 4.47. The van der Waals surface area contributed by atoms with Crippen molar-refractivity contribution < 1.29 is 0 Å². The molecule has 0 amide bonds. The molecule has 2 rings (SSSR count). The quantitative estimate of drug-likeness (QED) is 0.895. The van der Waals surface area contributed by atoms with Gasteiger partial charge in [0.1, 0.15) is 0 Å². The molecular formula is C15H23N3. The van der Waals surface area contributed by atoms with Crippen LogP contribution in [0.1, 0.15) is 40.2 Å². The van der Waals surface area contributed by atoms with E-state index in [4.69, 9.17) is 0 Å². The Bertz CT molecular complexity index is 508. The third kappa shape index (κ3) is 2.91. The predicted molar refractivity (Wildman–Crippen MR) is 76.8 cm³/mol. The van der Waals surface area contributed by atoms with Gasteiger partial charge in [0.2, 0.25) is 0 Å². The van der Waals surface area contributed by atoms with Crippen LogP contribution in [0.25, 0.3) is 11.0 Å². The number of nitrogens with one attached hydrogen (secondary N) is 1. The molecule has 3 nitrogen and oxygen atoms in total. The largest absolute Gasteiger partial charge is 0.326 e. The van der Waals surface area contributed by atoms with E-state index in [9.17, 15) is 0 Å². The summed E-state index contributed by atoms with van der Waals surface area (Å²) in [6, 6.07) is 8.77. The van der Waals surface area contributed by atoms with Crippen molar-refractivity contribution in [3.05, 3.63) is 30.6 Å². The Morgan fingerprint density at radius 1 is 1.28 bits per heavy atom. The first-order valence-electron chi connectivity index (χ1n) is 6.68. The summed E-state index contributed by atoms with van der Waals surface area (Å²) in [7, 11) is 0. The number of aromatic nitrogens is 2. The van der Waals surface area contributed by atoms with Gasteiger partial charge >= 0.3 is 0 Å². The van der Waals surface area contributed by atoms with Crippen molar-refractivity contribution in [2.45, 2.75) is 45.7 Å². The highest BCUT2D eigenvalue weighted by Gasteiger charge is 2.15. The number of imidazole rings is 1. The number of fused-ring (bicyclic) bond motifs is 1. The van der Waals surface area contributed by atoms with Crippen molar-refractivity contribution >= 4 is 11.0 Å². The zero-order valence-electron chi connectivity index (χ0n) is 11.8. The molecule has 1 atom stereocenters. The molecule has 0 fully saturated rings. The van der Waals surface area contributed by atoms with Gasteiger partial charge < -0.3 is 9.88 Å². The van der Waals surface area contributed by atoms with Crippen molar-refractivity contribution in [1.82, 2.24) is 14.9 Å². The molecule has 3 heteroatoms. The number of rotatable bonds is 4. The first kappa shape index (κ1) is 13.1. The summed E-state index contributed by atoms with van der Waals surface area (Å²) in [6.45, 7) is 9.80. The molecule has 0 spiro atoms. The van der Waals surface area contributed by atoms with Gasteiger partial charge in [-0.3, -0.25) is 0 Å². The summed E-state index contributed by atoms with van der Waals surface area (Å²) in [4.78, 5) is 4.47. The molecule has 0 aliphatic heterocycles. The third-order valence-electron chi connectivity index (χ3n) is 3.21. The van der Waals surface area contributed by atoms with E-state index in [1.807, 2.05) is 12.4 Å². The summed E-state index contributed by atoms with van der Waals surface area (Å²) in [5.74, 6) is 0. The smallest absolute Gasteiger partial charge is 0.0961 e. The minimum Gasteiger partial charge on any atom is -0.326 e. The fourth-order valence-electron chi connectivity index (χ4n) is 2.13. The van der Waals surface area contributed by atoms with Crippen LogP contribution in [0.3, 0.4) is 0 Å². The van der Waals surface area contributed by atoms with Crippen molar-refractivity contribution in [2.24, 2.45) is 0 Å². The van der Waals surface area contributed by atoms with Gasteiger partial charge in [0.05, 0.1) is 17.4 Å². The first-order valence-corrected chi connectivity index (χ1v) is 6.68. The van der Waals surface area contributed by atoms with Gasteiger partial charge in [0.25, 0.3) is 0 Å². The molecule has 18 heavy (non-hydrogen) atoms. The van der Waals surface area contributed by atoms with Gasteiger partial charge in [-0.15, -0.1) is 0 Å². The molecule has 1 N–H and O–H groups in total. The lowest BCUT2D eigenvalue weighted by Crippen LogP contribution is -2.39. The van der Waals surface area contributed by atoms with Crippen LogP contribution in [0.15, 0.2) is 30.6 Å². The standard InChI is InChI=1S/C15H23N3/c1-5-12(10-17-15(2,3)4)18-11-16-13-8-6-7-9-14(13)18/h6-9,11-12,17H,5,10H2,1-4H3. The molecular weight excluding hydrogens is 222 g/mol. The van der Waals surface area contributed by atoms with Crippen LogP contribution < -0.4 is 5.32 Å². The zero-order chi connectivity index (χ0) is 13.2. The molecule has 0 aliphatic carbocycles. The van der Waals surface area contributed by atoms with E-state index in [-0.39, 0.29) is 5.54 Å². The summed E-state index contributed by atoms with van der Waals surface area (Å²) < 4.78 is 2.29. The van der Waals surface area contributed by atoms with Crippen LogP contribution in [-0.2, 0) is 0 Å². The van der Waals surface area contributed by atoms with E-state index >= 15 is 0 Å². The number of benzene rings is 1. The highest BCUT2D eigenvalue weighted by molar-refractivity contribution is 5.75. The van der Waals surface area contributed by atoms with Gasteiger partial charge in [0.15, 0.2) is 0 Å². The van der Waals surface area contributed by atoms with Gasteiger partial charge in [0, 0.05) is 18.1 Å². The Kier molecular flexibility index (Phi) is 3.71. The maximum absolute atomic E-state index is 4.47. The summed E-state index contributed by atoms with van der Waals surface area (Å²) in [5, 5.41) is 3.58. The van der Waals surface area contributed by atoms with Crippen LogP contribution >= 0.6 is 0 Å². The number of hydrogen-bond acceptors (Lipinski definition) is 2. The molecule has 2 aromatic rings. The summed E-state index contributed by atoms with van der Waals surface area (Å²) in [5.41, 5.74) is 2.45. The van der Waals surface area contributed by atoms with Crippen molar-refractivity contribution in [3.8, 4) is 0 Å². The van der Waals surface area contributed by atoms with Crippen LogP contribution in [0.2, 0.25) is 0 Å². The minimum atomic E-state index is 0.157. The number of hydrogen-bond donors (Lipinski definition) is 1. The number of nitrogens with zero attached hydrogens (tertiary/aromatic N) is 2. The lowest BCUT2D eigenvalue weighted by molar-refractivity contribution is 0.364. The fourth-order valence-corrected chi connectivity index (χ4v) is 2.13. The highest BCUT2D eigenvalue weighted by atomic mass is 15.1.